The zero-order chi connectivity index (χ0) is 14.5. The topological polar surface area (TPSA) is 50.7 Å². The first-order chi connectivity index (χ1) is 10.3. The van der Waals surface area contributed by atoms with Gasteiger partial charge in [0.2, 0.25) is 0 Å². The van der Waals surface area contributed by atoms with Crippen LogP contribution in [-0.4, -0.2) is 21.5 Å². The number of pyridine rings is 1. The van der Waals surface area contributed by atoms with Crippen molar-refractivity contribution in [1.82, 2.24) is 15.0 Å². The van der Waals surface area contributed by atoms with E-state index in [1.165, 1.54) is 5.56 Å². The predicted octanol–water partition coefficient (Wildman–Crippen LogP) is 3.63. The summed E-state index contributed by atoms with van der Waals surface area (Å²) in [5, 5.41) is 3.36. The average molecular weight is 278 g/mol. The van der Waals surface area contributed by atoms with Gasteiger partial charge < -0.3 is 5.32 Å². The third-order valence-electron chi connectivity index (χ3n) is 3.58. The maximum absolute atomic E-state index is 4.46. The zero-order valence-electron chi connectivity index (χ0n) is 12.0. The van der Waals surface area contributed by atoms with Gasteiger partial charge in [0, 0.05) is 18.9 Å². The minimum absolute atomic E-state index is 0.527. The Labute approximate surface area is 124 Å². The smallest absolute Gasteiger partial charge is 0.180 e. The second-order valence-electron chi connectivity index (χ2n) is 5.12. The Hall–Kier alpha value is -2.49. The van der Waals surface area contributed by atoms with Crippen LogP contribution in [0.1, 0.15) is 24.8 Å². The first kappa shape index (κ1) is 13.5. The standard InChI is InChI=1S/C17H18N4/c1-13(14-5-3-2-4-6-14)9-10-19-16-8-7-15-17(21-16)20-12-11-18-15/h2-8,11-13H,9-10H2,1H3,(H,19,20,21). The first-order valence-electron chi connectivity index (χ1n) is 7.19. The molecule has 1 atom stereocenters. The average Bonchev–Trinajstić information content (AvgIpc) is 2.55. The molecular weight excluding hydrogens is 260 g/mol. The molecule has 0 saturated heterocycles. The van der Waals surface area contributed by atoms with Crippen LogP contribution >= 0.6 is 0 Å². The molecule has 2 heterocycles. The van der Waals surface area contributed by atoms with E-state index in [9.17, 15) is 0 Å². The fourth-order valence-corrected chi connectivity index (χ4v) is 2.32. The number of fused-ring (bicyclic) bond motifs is 1. The second kappa shape index (κ2) is 6.31. The highest BCUT2D eigenvalue weighted by atomic mass is 15.0. The molecule has 1 aromatic carbocycles. The summed E-state index contributed by atoms with van der Waals surface area (Å²) in [5.74, 6) is 1.38. The number of rotatable bonds is 5. The molecule has 0 spiro atoms. The molecule has 0 fully saturated rings. The number of anilines is 1. The van der Waals surface area contributed by atoms with Gasteiger partial charge in [0.05, 0.1) is 0 Å². The SMILES string of the molecule is CC(CCNc1ccc2nccnc2n1)c1ccccc1. The van der Waals surface area contributed by atoms with E-state index >= 15 is 0 Å². The van der Waals surface area contributed by atoms with Crippen molar-refractivity contribution in [2.45, 2.75) is 19.3 Å². The van der Waals surface area contributed by atoms with E-state index < -0.39 is 0 Å². The van der Waals surface area contributed by atoms with E-state index in [2.05, 4.69) is 57.5 Å². The van der Waals surface area contributed by atoms with Crippen LogP contribution in [0.15, 0.2) is 54.9 Å². The molecule has 4 heteroatoms. The molecule has 21 heavy (non-hydrogen) atoms. The summed E-state index contributed by atoms with van der Waals surface area (Å²) < 4.78 is 0. The Bertz CT molecular complexity index is 712. The molecule has 0 bridgehead atoms. The monoisotopic (exact) mass is 278 g/mol. The van der Waals surface area contributed by atoms with E-state index in [0.717, 1.165) is 24.3 Å². The molecule has 0 amide bonds. The molecule has 2 aromatic heterocycles. The lowest BCUT2D eigenvalue weighted by molar-refractivity contribution is 0.705. The van der Waals surface area contributed by atoms with Crippen LogP contribution in [-0.2, 0) is 0 Å². The Balaban J connectivity index is 1.59. The number of benzene rings is 1. The molecule has 0 aliphatic heterocycles. The van der Waals surface area contributed by atoms with E-state index in [4.69, 9.17) is 0 Å². The third-order valence-corrected chi connectivity index (χ3v) is 3.58. The summed E-state index contributed by atoms with van der Waals surface area (Å²) >= 11 is 0. The highest BCUT2D eigenvalue weighted by Gasteiger charge is 2.05. The minimum atomic E-state index is 0.527. The molecule has 0 saturated carbocycles. The summed E-state index contributed by atoms with van der Waals surface area (Å²) in [7, 11) is 0. The molecule has 4 nitrogen and oxygen atoms in total. The number of aromatic nitrogens is 3. The van der Waals surface area contributed by atoms with Gasteiger partial charge >= 0.3 is 0 Å². The van der Waals surface area contributed by atoms with Gasteiger partial charge in [0.25, 0.3) is 0 Å². The van der Waals surface area contributed by atoms with E-state index in [1.54, 1.807) is 12.4 Å². The molecule has 1 unspecified atom stereocenters. The molecule has 1 N–H and O–H groups in total. The highest BCUT2D eigenvalue weighted by Crippen LogP contribution is 2.18. The summed E-state index contributed by atoms with van der Waals surface area (Å²) in [6.07, 6.45) is 4.40. The second-order valence-corrected chi connectivity index (χ2v) is 5.12. The van der Waals surface area contributed by atoms with Crippen molar-refractivity contribution in [3.05, 3.63) is 60.4 Å². The van der Waals surface area contributed by atoms with Crippen molar-refractivity contribution in [1.29, 1.82) is 0 Å². The minimum Gasteiger partial charge on any atom is -0.370 e. The van der Waals surface area contributed by atoms with Gasteiger partial charge in [0.15, 0.2) is 5.65 Å². The number of nitrogens with one attached hydrogen (secondary N) is 1. The largest absolute Gasteiger partial charge is 0.370 e. The van der Waals surface area contributed by atoms with Gasteiger partial charge in [-0.3, -0.25) is 4.98 Å². The molecular formula is C17H18N4. The summed E-state index contributed by atoms with van der Waals surface area (Å²) in [6, 6.07) is 14.5. The molecule has 3 aromatic rings. The lowest BCUT2D eigenvalue weighted by Crippen LogP contribution is -2.07. The maximum atomic E-state index is 4.46. The van der Waals surface area contributed by atoms with Crippen LogP contribution in [0.4, 0.5) is 5.82 Å². The number of hydrogen-bond acceptors (Lipinski definition) is 4. The Morgan fingerprint density at radius 2 is 1.81 bits per heavy atom. The fraction of sp³-hybridized carbons (Fsp3) is 0.235. The van der Waals surface area contributed by atoms with Crippen molar-refractivity contribution in [3.63, 3.8) is 0 Å². The lowest BCUT2D eigenvalue weighted by Gasteiger charge is -2.12. The normalized spacial score (nSPS) is 12.2. The van der Waals surface area contributed by atoms with Crippen LogP contribution in [0.2, 0.25) is 0 Å². The van der Waals surface area contributed by atoms with Gasteiger partial charge in [-0.15, -0.1) is 0 Å². The fourth-order valence-electron chi connectivity index (χ4n) is 2.32. The molecule has 3 rings (SSSR count). The summed E-state index contributed by atoms with van der Waals surface area (Å²) in [6.45, 7) is 3.13. The molecule has 0 radical (unpaired) electrons. The molecule has 106 valence electrons. The predicted molar refractivity (Wildman–Crippen MR) is 85.3 cm³/mol. The lowest BCUT2D eigenvalue weighted by atomic mass is 9.98. The van der Waals surface area contributed by atoms with E-state index in [0.29, 0.717) is 11.6 Å². The molecule has 0 aliphatic rings. The van der Waals surface area contributed by atoms with Crippen molar-refractivity contribution < 1.29 is 0 Å². The van der Waals surface area contributed by atoms with Gasteiger partial charge in [-0.1, -0.05) is 37.3 Å². The number of hydrogen-bond donors (Lipinski definition) is 1. The van der Waals surface area contributed by atoms with Gasteiger partial charge in [-0.05, 0) is 30.0 Å². The van der Waals surface area contributed by atoms with Crippen molar-refractivity contribution in [3.8, 4) is 0 Å². The summed E-state index contributed by atoms with van der Waals surface area (Å²) in [5.41, 5.74) is 2.87. The van der Waals surface area contributed by atoms with Gasteiger partial charge in [-0.25, -0.2) is 9.97 Å². The Morgan fingerprint density at radius 3 is 2.67 bits per heavy atom. The van der Waals surface area contributed by atoms with Crippen LogP contribution < -0.4 is 5.32 Å². The van der Waals surface area contributed by atoms with E-state index in [1.807, 2.05) is 12.1 Å². The van der Waals surface area contributed by atoms with Crippen molar-refractivity contribution in [2.24, 2.45) is 0 Å². The van der Waals surface area contributed by atoms with Crippen LogP contribution in [0.25, 0.3) is 11.2 Å². The quantitative estimate of drug-likeness (QED) is 0.774. The maximum Gasteiger partial charge on any atom is 0.180 e. The van der Waals surface area contributed by atoms with Crippen molar-refractivity contribution in [2.75, 3.05) is 11.9 Å². The Morgan fingerprint density at radius 1 is 1.00 bits per heavy atom. The first-order valence-corrected chi connectivity index (χ1v) is 7.19. The van der Waals surface area contributed by atoms with Crippen LogP contribution in [0.3, 0.4) is 0 Å². The summed E-state index contributed by atoms with van der Waals surface area (Å²) in [4.78, 5) is 12.9. The van der Waals surface area contributed by atoms with Crippen molar-refractivity contribution >= 4 is 17.0 Å². The molecule has 0 aliphatic carbocycles. The Kier molecular flexibility index (Phi) is 4.05. The van der Waals surface area contributed by atoms with Gasteiger partial charge in [0.1, 0.15) is 11.3 Å². The highest BCUT2D eigenvalue weighted by molar-refractivity contribution is 5.71. The van der Waals surface area contributed by atoms with Crippen LogP contribution in [0, 0.1) is 0 Å². The van der Waals surface area contributed by atoms with Gasteiger partial charge in [-0.2, -0.15) is 0 Å². The third kappa shape index (κ3) is 3.34. The number of nitrogens with zero attached hydrogens (tertiary/aromatic N) is 3. The van der Waals surface area contributed by atoms with E-state index in [-0.39, 0.29) is 0 Å². The zero-order valence-corrected chi connectivity index (χ0v) is 12.0. The van der Waals surface area contributed by atoms with Crippen LogP contribution in [0.5, 0.6) is 0 Å².